The average molecular weight is 284 g/mol. The first kappa shape index (κ1) is 12.9. The zero-order valence-electron chi connectivity index (χ0n) is 12.4. The molecule has 3 aromatic carbocycles. The van der Waals surface area contributed by atoms with Crippen molar-refractivity contribution in [3.05, 3.63) is 89.5 Å². The summed E-state index contributed by atoms with van der Waals surface area (Å²) in [4.78, 5) is 0. The van der Waals surface area contributed by atoms with Gasteiger partial charge in [-0.2, -0.15) is 0 Å². The highest BCUT2D eigenvalue weighted by atomic mass is 16.5. The summed E-state index contributed by atoms with van der Waals surface area (Å²) >= 11 is 0. The van der Waals surface area contributed by atoms with Crippen molar-refractivity contribution >= 4 is 11.6 Å². The molecule has 0 fully saturated rings. The van der Waals surface area contributed by atoms with Crippen molar-refractivity contribution in [1.29, 1.82) is 0 Å². The fraction of sp³-hybridized carbons (Fsp3) is 0.0476. The molecule has 0 radical (unpaired) electrons. The fourth-order valence-corrected chi connectivity index (χ4v) is 3.15. The molecule has 0 amide bonds. The molecule has 0 aliphatic heterocycles. The Morgan fingerprint density at radius 3 is 1.73 bits per heavy atom. The largest absolute Gasteiger partial charge is 0.496 e. The van der Waals surface area contributed by atoms with E-state index in [2.05, 4.69) is 60.7 Å². The minimum absolute atomic E-state index is 0.900. The molecule has 1 aliphatic carbocycles. The van der Waals surface area contributed by atoms with Crippen LogP contribution in [0.15, 0.2) is 72.8 Å². The van der Waals surface area contributed by atoms with Crippen LogP contribution in [0.5, 0.6) is 5.75 Å². The van der Waals surface area contributed by atoms with E-state index >= 15 is 0 Å². The summed E-state index contributed by atoms with van der Waals surface area (Å²) in [6.07, 6.45) is 2.23. The van der Waals surface area contributed by atoms with Crippen LogP contribution in [0.1, 0.15) is 16.7 Å². The van der Waals surface area contributed by atoms with Gasteiger partial charge in [-0.15, -0.1) is 0 Å². The van der Waals surface area contributed by atoms with Gasteiger partial charge in [0.15, 0.2) is 0 Å². The predicted molar refractivity (Wildman–Crippen MR) is 91.8 cm³/mol. The lowest BCUT2D eigenvalue weighted by Crippen LogP contribution is -1.87. The summed E-state index contributed by atoms with van der Waals surface area (Å²) in [6.45, 7) is 0. The SMILES string of the molecule is COc1ccccc1C=C1c2ccccc2-c2ccccc21. The Balaban J connectivity index is 1.97. The average Bonchev–Trinajstić information content (AvgIpc) is 2.90. The van der Waals surface area contributed by atoms with Gasteiger partial charge < -0.3 is 4.74 Å². The second-order valence-electron chi connectivity index (χ2n) is 5.39. The highest BCUT2D eigenvalue weighted by molar-refractivity contribution is 6.06. The van der Waals surface area contributed by atoms with Gasteiger partial charge in [0.05, 0.1) is 7.11 Å². The van der Waals surface area contributed by atoms with E-state index in [9.17, 15) is 0 Å². The van der Waals surface area contributed by atoms with Crippen LogP contribution in [0.2, 0.25) is 0 Å². The number of rotatable bonds is 2. The molecular weight excluding hydrogens is 268 g/mol. The lowest BCUT2D eigenvalue weighted by atomic mass is 10.0. The topological polar surface area (TPSA) is 9.23 Å². The smallest absolute Gasteiger partial charge is 0.126 e. The molecule has 0 atom stereocenters. The minimum Gasteiger partial charge on any atom is -0.496 e. The maximum atomic E-state index is 5.49. The number of ether oxygens (including phenoxy) is 1. The molecule has 1 heteroatoms. The molecule has 0 spiro atoms. The maximum Gasteiger partial charge on any atom is 0.126 e. The van der Waals surface area contributed by atoms with Crippen LogP contribution in [0, 0.1) is 0 Å². The van der Waals surface area contributed by atoms with E-state index < -0.39 is 0 Å². The van der Waals surface area contributed by atoms with Crippen molar-refractivity contribution < 1.29 is 4.74 Å². The highest BCUT2D eigenvalue weighted by Gasteiger charge is 2.22. The first-order valence-corrected chi connectivity index (χ1v) is 7.42. The molecule has 4 rings (SSSR count). The monoisotopic (exact) mass is 284 g/mol. The molecule has 0 saturated carbocycles. The van der Waals surface area contributed by atoms with Crippen LogP contribution < -0.4 is 4.74 Å². The molecule has 3 aromatic rings. The third-order valence-corrected chi connectivity index (χ3v) is 4.16. The van der Waals surface area contributed by atoms with Crippen LogP contribution in [0.25, 0.3) is 22.8 Å². The predicted octanol–water partition coefficient (Wildman–Crippen LogP) is 5.26. The highest BCUT2D eigenvalue weighted by Crippen LogP contribution is 2.45. The summed E-state index contributed by atoms with van der Waals surface area (Å²) in [5.74, 6) is 0.900. The Hall–Kier alpha value is -2.80. The van der Waals surface area contributed by atoms with Gasteiger partial charge in [0, 0.05) is 5.56 Å². The van der Waals surface area contributed by atoms with Crippen molar-refractivity contribution in [2.45, 2.75) is 0 Å². The van der Waals surface area contributed by atoms with Crippen LogP contribution >= 0.6 is 0 Å². The molecular formula is C21H16O. The molecule has 0 aromatic heterocycles. The van der Waals surface area contributed by atoms with Gasteiger partial charge >= 0.3 is 0 Å². The Labute approximate surface area is 130 Å². The van der Waals surface area contributed by atoms with E-state index in [0.717, 1.165) is 11.3 Å². The van der Waals surface area contributed by atoms with Crippen molar-refractivity contribution in [1.82, 2.24) is 0 Å². The van der Waals surface area contributed by atoms with Crippen LogP contribution in [-0.2, 0) is 0 Å². The lowest BCUT2D eigenvalue weighted by molar-refractivity contribution is 0.414. The van der Waals surface area contributed by atoms with E-state index in [1.54, 1.807) is 7.11 Å². The Bertz CT molecular complexity index is 827. The van der Waals surface area contributed by atoms with Gasteiger partial charge in [-0.3, -0.25) is 0 Å². The third-order valence-electron chi connectivity index (χ3n) is 4.16. The molecule has 0 heterocycles. The summed E-state index contributed by atoms with van der Waals surface area (Å²) in [6, 6.07) is 25.3. The van der Waals surface area contributed by atoms with E-state index in [1.807, 2.05) is 18.2 Å². The van der Waals surface area contributed by atoms with Gasteiger partial charge in [0.1, 0.15) is 5.75 Å². The Kier molecular flexibility index (Phi) is 3.05. The van der Waals surface area contributed by atoms with E-state index in [-0.39, 0.29) is 0 Å². The number of benzene rings is 3. The second kappa shape index (κ2) is 5.19. The lowest BCUT2D eigenvalue weighted by Gasteiger charge is -2.07. The molecule has 22 heavy (non-hydrogen) atoms. The van der Waals surface area contributed by atoms with Crippen LogP contribution in [0.3, 0.4) is 0 Å². The summed E-state index contributed by atoms with van der Waals surface area (Å²) in [5.41, 5.74) is 7.55. The number of hydrogen-bond donors (Lipinski definition) is 0. The first-order chi connectivity index (χ1) is 10.9. The molecule has 0 bridgehead atoms. The van der Waals surface area contributed by atoms with Crippen LogP contribution in [-0.4, -0.2) is 7.11 Å². The first-order valence-electron chi connectivity index (χ1n) is 7.42. The van der Waals surface area contributed by atoms with E-state index in [1.165, 1.54) is 27.8 Å². The fourth-order valence-electron chi connectivity index (χ4n) is 3.15. The van der Waals surface area contributed by atoms with Crippen molar-refractivity contribution in [3.8, 4) is 16.9 Å². The molecule has 1 aliphatic rings. The van der Waals surface area contributed by atoms with Gasteiger partial charge in [0.25, 0.3) is 0 Å². The molecule has 106 valence electrons. The van der Waals surface area contributed by atoms with Crippen molar-refractivity contribution in [3.63, 3.8) is 0 Å². The van der Waals surface area contributed by atoms with Crippen molar-refractivity contribution in [2.75, 3.05) is 7.11 Å². The molecule has 0 N–H and O–H groups in total. The Morgan fingerprint density at radius 1 is 0.636 bits per heavy atom. The third kappa shape index (κ3) is 1.94. The minimum atomic E-state index is 0.900. The van der Waals surface area contributed by atoms with Gasteiger partial charge in [0.2, 0.25) is 0 Å². The number of hydrogen-bond acceptors (Lipinski definition) is 1. The zero-order chi connectivity index (χ0) is 14.9. The van der Waals surface area contributed by atoms with Gasteiger partial charge in [-0.25, -0.2) is 0 Å². The van der Waals surface area contributed by atoms with Gasteiger partial charge in [-0.05, 0) is 40.0 Å². The normalized spacial score (nSPS) is 11.8. The number of methoxy groups -OCH3 is 1. The summed E-state index contributed by atoms with van der Waals surface area (Å²) < 4.78 is 5.49. The molecule has 0 unspecified atom stereocenters. The number of fused-ring (bicyclic) bond motifs is 3. The van der Waals surface area contributed by atoms with E-state index in [4.69, 9.17) is 4.74 Å². The van der Waals surface area contributed by atoms with Crippen molar-refractivity contribution in [2.24, 2.45) is 0 Å². The maximum absolute atomic E-state index is 5.49. The van der Waals surface area contributed by atoms with E-state index in [0.29, 0.717) is 0 Å². The quantitative estimate of drug-likeness (QED) is 0.487. The second-order valence-corrected chi connectivity index (χ2v) is 5.39. The standard InChI is InChI=1S/C21H16O/c1-22-21-13-7-2-8-15(21)14-20-18-11-5-3-9-16(18)17-10-4-6-12-19(17)20/h2-14H,1H3. The summed E-state index contributed by atoms with van der Waals surface area (Å²) in [7, 11) is 1.72. The number of para-hydroxylation sites is 1. The van der Waals surface area contributed by atoms with Gasteiger partial charge in [-0.1, -0.05) is 66.7 Å². The molecule has 0 saturated heterocycles. The Morgan fingerprint density at radius 2 is 1.14 bits per heavy atom. The zero-order valence-corrected chi connectivity index (χ0v) is 12.4. The summed E-state index contributed by atoms with van der Waals surface area (Å²) in [5, 5.41) is 0. The molecule has 1 nitrogen and oxygen atoms in total. The van der Waals surface area contributed by atoms with Crippen LogP contribution in [0.4, 0.5) is 0 Å².